The van der Waals surface area contributed by atoms with Crippen molar-refractivity contribution in [2.75, 3.05) is 13.7 Å². The molecule has 0 atom stereocenters. The highest BCUT2D eigenvalue weighted by Gasteiger charge is 2.10. The summed E-state index contributed by atoms with van der Waals surface area (Å²) in [5.74, 6) is -0.495. The van der Waals surface area contributed by atoms with Gasteiger partial charge in [0.1, 0.15) is 0 Å². The Kier molecular flexibility index (Phi) is 6.35. The van der Waals surface area contributed by atoms with Crippen molar-refractivity contribution in [1.29, 1.82) is 0 Å². The second-order valence-corrected chi connectivity index (χ2v) is 3.55. The topological polar surface area (TPSA) is 73.7 Å². The maximum absolute atomic E-state index is 11.6. The van der Waals surface area contributed by atoms with Crippen LogP contribution in [0.25, 0.3) is 0 Å². The van der Waals surface area contributed by atoms with Gasteiger partial charge in [-0.25, -0.2) is 9.97 Å². The number of aromatic nitrogens is 2. The molecule has 0 aromatic carbocycles. The van der Waals surface area contributed by atoms with E-state index in [1.54, 1.807) is 12.4 Å². The Morgan fingerprint density at radius 2 is 2.21 bits per heavy atom. The quantitative estimate of drug-likeness (QED) is 0.341. The van der Waals surface area contributed by atoms with Gasteiger partial charge in [0, 0.05) is 18.8 Å². The summed E-state index contributed by atoms with van der Waals surface area (Å²) in [6.45, 7) is 2.34. The molecule has 0 fully saturated rings. The molecule has 1 aromatic rings. The van der Waals surface area contributed by atoms with Crippen LogP contribution >= 0.6 is 12.2 Å². The number of carbonyl (C=O) groups is 1. The van der Waals surface area contributed by atoms with Crippen molar-refractivity contribution >= 4 is 23.3 Å². The van der Waals surface area contributed by atoms with Crippen molar-refractivity contribution in [3.8, 4) is 6.01 Å². The molecule has 0 N–H and O–H groups in total. The molecule has 100 valence electrons. The molecule has 0 unspecified atom stereocenters. The highest BCUT2D eigenvalue weighted by atomic mass is 32.1. The van der Waals surface area contributed by atoms with Crippen molar-refractivity contribution in [2.24, 2.45) is 4.99 Å². The lowest BCUT2D eigenvalue weighted by Crippen LogP contribution is -2.04. The van der Waals surface area contributed by atoms with E-state index in [2.05, 4.69) is 27.2 Å². The van der Waals surface area contributed by atoms with Gasteiger partial charge in [0.25, 0.3) is 5.91 Å². The van der Waals surface area contributed by atoms with Gasteiger partial charge < -0.3 is 9.47 Å². The number of rotatable bonds is 6. The van der Waals surface area contributed by atoms with Crippen LogP contribution < -0.4 is 4.74 Å². The maximum atomic E-state index is 11.6. The number of thiocarbonyl (C=S) groups is 1. The zero-order valence-electron chi connectivity index (χ0n) is 10.6. The van der Waals surface area contributed by atoms with Gasteiger partial charge >= 0.3 is 6.01 Å². The molecule has 0 radical (unpaired) electrons. The van der Waals surface area contributed by atoms with Crippen LogP contribution in [0.2, 0.25) is 0 Å². The van der Waals surface area contributed by atoms with Gasteiger partial charge in [0.05, 0.1) is 30.7 Å². The van der Waals surface area contributed by atoms with E-state index < -0.39 is 5.91 Å². The average Bonchev–Trinajstić information content (AvgIpc) is 2.41. The standard InChI is InChI=1S/C12H13N3O3S/c1-3-18-12-13-5-9(6-14-12)4-10(7-17-2)11(16)15-8-19/h5-7H,3-4H2,1-2H3/b10-7-. The summed E-state index contributed by atoms with van der Waals surface area (Å²) in [5.41, 5.74) is 1.08. The minimum absolute atomic E-state index is 0.291. The molecular formula is C12H13N3O3S. The van der Waals surface area contributed by atoms with Gasteiger partial charge in [0.15, 0.2) is 0 Å². The summed E-state index contributed by atoms with van der Waals surface area (Å²) in [7, 11) is 1.45. The number of ether oxygens (including phenoxy) is 2. The van der Waals surface area contributed by atoms with Crippen LogP contribution in [0.5, 0.6) is 6.01 Å². The Hall–Kier alpha value is -2.11. The molecule has 19 heavy (non-hydrogen) atoms. The number of amides is 1. The Bertz CT molecular complexity index is 507. The number of isothiocyanates is 1. The molecule has 1 aromatic heterocycles. The summed E-state index contributed by atoms with van der Waals surface area (Å²) in [5, 5.41) is 2.03. The SMILES string of the molecule is CCOc1ncc(C/C(=C/OC)C(=O)N=C=S)cn1. The molecule has 0 saturated carbocycles. The number of aliphatic imine (C=N–C) groups is 1. The van der Waals surface area contributed by atoms with Gasteiger partial charge in [-0.2, -0.15) is 4.99 Å². The van der Waals surface area contributed by atoms with Crippen LogP contribution in [0.3, 0.4) is 0 Å². The minimum atomic E-state index is -0.495. The number of hydrogen-bond donors (Lipinski definition) is 0. The van der Waals surface area contributed by atoms with Crippen molar-refractivity contribution in [3.63, 3.8) is 0 Å². The lowest BCUT2D eigenvalue weighted by molar-refractivity contribution is -0.114. The van der Waals surface area contributed by atoms with Crippen LogP contribution in [0.15, 0.2) is 29.2 Å². The Morgan fingerprint density at radius 1 is 1.53 bits per heavy atom. The summed E-state index contributed by atoms with van der Waals surface area (Å²) in [4.78, 5) is 23.0. The van der Waals surface area contributed by atoms with E-state index >= 15 is 0 Å². The fourth-order valence-electron chi connectivity index (χ4n) is 1.28. The molecule has 6 nitrogen and oxygen atoms in total. The third kappa shape index (κ3) is 4.95. The molecule has 0 bridgehead atoms. The van der Waals surface area contributed by atoms with E-state index in [9.17, 15) is 4.79 Å². The molecular weight excluding hydrogens is 266 g/mol. The molecule has 0 aliphatic rings. The zero-order valence-corrected chi connectivity index (χ0v) is 11.4. The minimum Gasteiger partial charge on any atom is -0.504 e. The fourth-order valence-corrected chi connectivity index (χ4v) is 1.36. The third-order valence-corrected chi connectivity index (χ3v) is 2.12. The molecule has 7 heteroatoms. The van der Waals surface area contributed by atoms with Crippen molar-refractivity contribution in [1.82, 2.24) is 9.97 Å². The first-order chi connectivity index (χ1) is 9.21. The van der Waals surface area contributed by atoms with Crippen LogP contribution in [0.4, 0.5) is 0 Å². The van der Waals surface area contributed by atoms with Gasteiger partial charge in [-0.3, -0.25) is 4.79 Å². The lowest BCUT2D eigenvalue weighted by atomic mass is 10.1. The predicted molar refractivity (Wildman–Crippen MR) is 72.0 cm³/mol. The summed E-state index contributed by atoms with van der Waals surface area (Å²) in [6, 6.07) is 0.298. The summed E-state index contributed by atoms with van der Waals surface area (Å²) < 4.78 is 9.96. The van der Waals surface area contributed by atoms with E-state index in [4.69, 9.17) is 9.47 Å². The Labute approximate surface area is 116 Å². The van der Waals surface area contributed by atoms with Crippen molar-refractivity contribution < 1.29 is 14.3 Å². The van der Waals surface area contributed by atoms with Gasteiger partial charge in [0.2, 0.25) is 0 Å². The Balaban J connectivity index is 2.82. The predicted octanol–water partition coefficient (Wildman–Crippen LogP) is 1.58. The summed E-state index contributed by atoms with van der Waals surface area (Å²) >= 11 is 4.40. The molecule has 1 amide bonds. The molecule has 1 heterocycles. The third-order valence-electron chi connectivity index (χ3n) is 2.03. The van der Waals surface area contributed by atoms with E-state index in [-0.39, 0.29) is 0 Å². The van der Waals surface area contributed by atoms with Crippen molar-refractivity contribution in [3.05, 3.63) is 29.8 Å². The molecule has 0 saturated heterocycles. The number of carbonyl (C=O) groups excluding carboxylic acids is 1. The lowest BCUT2D eigenvalue weighted by Gasteiger charge is -2.04. The number of hydrogen-bond acceptors (Lipinski definition) is 6. The van der Waals surface area contributed by atoms with Crippen molar-refractivity contribution in [2.45, 2.75) is 13.3 Å². The zero-order chi connectivity index (χ0) is 14.1. The highest BCUT2D eigenvalue weighted by Crippen LogP contribution is 2.10. The highest BCUT2D eigenvalue weighted by molar-refractivity contribution is 7.78. The maximum Gasteiger partial charge on any atom is 0.316 e. The van der Waals surface area contributed by atoms with Gasteiger partial charge in [-0.1, -0.05) is 0 Å². The van der Waals surface area contributed by atoms with Crippen LogP contribution in [-0.4, -0.2) is 34.8 Å². The first-order valence-electron chi connectivity index (χ1n) is 5.49. The van der Waals surface area contributed by atoms with E-state index in [1.165, 1.54) is 13.4 Å². The largest absolute Gasteiger partial charge is 0.504 e. The van der Waals surface area contributed by atoms with E-state index in [0.29, 0.717) is 24.6 Å². The average molecular weight is 279 g/mol. The fraction of sp³-hybridized carbons (Fsp3) is 0.333. The second-order valence-electron chi connectivity index (χ2n) is 3.37. The normalized spacial score (nSPS) is 10.5. The Morgan fingerprint density at radius 3 is 2.74 bits per heavy atom. The van der Waals surface area contributed by atoms with Gasteiger partial charge in [-0.15, -0.1) is 0 Å². The van der Waals surface area contributed by atoms with Crippen LogP contribution in [-0.2, 0) is 16.0 Å². The van der Waals surface area contributed by atoms with E-state index in [0.717, 1.165) is 5.56 Å². The first kappa shape index (κ1) is 14.9. The number of nitrogens with zero attached hydrogens (tertiary/aromatic N) is 3. The summed E-state index contributed by atoms with van der Waals surface area (Å²) in [6.07, 6.45) is 4.76. The van der Waals surface area contributed by atoms with Gasteiger partial charge in [-0.05, 0) is 24.7 Å². The van der Waals surface area contributed by atoms with E-state index in [1.807, 2.05) is 12.1 Å². The molecule has 1 rings (SSSR count). The smallest absolute Gasteiger partial charge is 0.316 e. The molecule has 0 spiro atoms. The monoisotopic (exact) mass is 279 g/mol. The van der Waals surface area contributed by atoms with Crippen LogP contribution in [0.1, 0.15) is 12.5 Å². The first-order valence-corrected chi connectivity index (χ1v) is 5.89. The number of methoxy groups -OCH3 is 1. The second kappa shape index (κ2) is 8.07. The molecule has 0 aliphatic carbocycles. The molecule has 0 aliphatic heterocycles. The van der Waals surface area contributed by atoms with Crippen LogP contribution in [0, 0.1) is 0 Å².